The Bertz CT molecular complexity index is 665. The molecule has 8 nitrogen and oxygen atoms in total. The summed E-state index contributed by atoms with van der Waals surface area (Å²) in [5.41, 5.74) is 0.520. The van der Waals surface area contributed by atoms with Gasteiger partial charge in [-0.3, -0.25) is 14.4 Å². The average molecular weight is 352 g/mol. The quantitative estimate of drug-likeness (QED) is 0.793. The second-order valence-corrected chi connectivity index (χ2v) is 6.15. The normalized spacial score (nSPS) is 16.0. The van der Waals surface area contributed by atoms with Gasteiger partial charge < -0.3 is 24.4 Å². The van der Waals surface area contributed by atoms with Crippen LogP contribution >= 0.6 is 11.8 Å². The minimum atomic E-state index is -0.608. The number of rotatable bonds is 5. The van der Waals surface area contributed by atoms with Crippen molar-refractivity contribution in [3.63, 3.8) is 0 Å². The van der Waals surface area contributed by atoms with Gasteiger partial charge in [-0.2, -0.15) is 0 Å². The zero-order valence-electron chi connectivity index (χ0n) is 12.8. The number of anilines is 1. The van der Waals surface area contributed by atoms with E-state index in [1.165, 1.54) is 4.90 Å². The lowest BCUT2D eigenvalue weighted by atomic mass is 10.2. The molecule has 0 radical (unpaired) electrons. The van der Waals surface area contributed by atoms with Gasteiger partial charge in [-0.25, -0.2) is 0 Å². The Balaban J connectivity index is 1.45. The van der Waals surface area contributed by atoms with Crippen LogP contribution in [-0.2, 0) is 14.3 Å². The number of esters is 1. The van der Waals surface area contributed by atoms with Crippen LogP contribution in [0.5, 0.6) is 11.5 Å². The molecule has 2 amide bonds. The second kappa shape index (κ2) is 7.43. The Morgan fingerprint density at radius 3 is 2.79 bits per heavy atom. The molecule has 0 saturated carbocycles. The van der Waals surface area contributed by atoms with E-state index in [-0.39, 0.29) is 11.8 Å². The first-order valence-electron chi connectivity index (χ1n) is 7.38. The van der Waals surface area contributed by atoms with Crippen molar-refractivity contribution in [2.75, 3.05) is 44.0 Å². The number of hydrogen-bond donors (Lipinski definition) is 1. The second-order valence-electron chi connectivity index (χ2n) is 5.10. The summed E-state index contributed by atoms with van der Waals surface area (Å²) < 4.78 is 15.7. The molecule has 2 aliphatic heterocycles. The predicted molar refractivity (Wildman–Crippen MR) is 86.4 cm³/mol. The first-order valence-corrected chi connectivity index (χ1v) is 8.37. The maximum absolute atomic E-state index is 11.8. The topological polar surface area (TPSA) is 94.2 Å². The number of amides is 2. The molecular formula is C15H16N2O6S. The predicted octanol–water partition coefficient (Wildman–Crippen LogP) is 1.11. The van der Waals surface area contributed by atoms with E-state index in [1.54, 1.807) is 18.2 Å². The van der Waals surface area contributed by atoms with Crippen LogP contribution in [0.15, 0.2) is 18.2 Å². The average Bonchev–Trinajstić information content (AvgIpc) is 2.98. The number of thioether (sulfide) groups is 1. The first-order chi connectivity index (χ1) is 11.6. The van der Waals surface area contributed by atoms with E-state index in [9.17, 15) is 14.4 Å². The fourth-order valence-electron chi connectivity index (χ4n) is 2.24. The molecule has 1 N–H and O–H groups in total. The number of fused-ring (bicyclic) bond motifs is 1. The van der Waals surface area contributed by atoms with Crippen molar-refractivity contribution in [3.05, 3.63) is 18.2 Å². The maximum atomic E-state index is 11.8. The number of nitrogens with one attached hydrogen (secondary N) is 1. The third-order valence-corrected chi connectivity index (χ3v) is 4.25. The third kappa shape index (κ3) is 4.10. The van der Waals surface area contributed by atoms with E-state index in [2.05, 4.69) is 5.32 Å². The zero-order valence-corrected chi connectivity index (χ0v) is 13.6. The van der Waals surface area contributed by atoms with Gasteiger partial charge in [0.15, 0.2) is 18.1 Å². The van der Waals surface area contributed by atoms with E-state index in [4.69, 9.17) is 14.2 Å². The van der Waals surface area contributed by atoms with E-state index in [0.717, 1.165) is 11.8 Å². The van der Waals surface area contributed by atoms with Gasteiger partial charge in [0, 0.05) is 24.1 Å². The van der Waals surface area contributed by atoms with Crippen molar-refractivity contribution in [3.8, 4) is 11.5 Å². The number of carbonyl (C=O) groups is 3. The molecule has 2 heterocycles. The minimum absolute atomic E-state index is 0.136. The Kier molecular flexibility index (Phi) is 5.09. The van der Waals surface area contributed by atoms with Gasteiger partial charge in [-0.15, -0.1) is 0 Å². The monoisotopic (exact) mass is 352 g/mol. The van der Waals surface area contributed by atoms with Gasteiger partial charge in [0.1, 0.15) is 19.8 Å². The van der Waals surface area contributed by atoms with Crippen molar-refractivity contribution in [1.82, 2.24) is 4.90 Å². The van der Waals surface area contributed by atoms with Crippen molar-refractivity contribution in [2.45, 2.75) is 0 Å². The molecule has 0 unspecified atom stereocenters. The van der Waals surface area contributed by atoms with Gasteiger partial charge in [0.25, 0.3) is 11.1 Å². The van der Waals surface area contributed by atoms with Crippen LogP contribution in [0.3, 0.4) is 0 Å². The molecule has 0 bridgehead atoms. The Morgan fingerprint density at radius 2 is 2.04 bits per heavy atom. The summed E-state index contributed by atoms with van der Waals surface area (Å²) in [5, 5.41) is 2.47. The van der Waals surface area contributed by atoms with E-state index < -0.39 is 18.5 Å². The molecule has 1 aromatic rings. The number of carbonyl (C=O) groups excluding carboxylic acids is 3. The molecule has 24 heavy (non-hydrogen) atoms. The summed E-state index contributed by atoms with van der Waals surface area (Å²) >= 11 is 1.16. The van der Waals surface area contributed by atoms with Crippen molar-refractivity contribution in [2.24, 2.45) is 0 Å². The van der Waals surface area contributed by atoms with Gasteiger partial charge >= 0.3 is 5.97 Å². The van der Waals surface area contributed by atoms with Crippen LogP contribution in [0.1, 0.15) is 0 Å². The summed E-state index contributed by atoms with van der Waals surface area (Å²) in [6, 6.07) is 5.02. The van der Waals surface area contributed by atoms with E-state index >= 15 is 0 Å². The van der Waals surface area contributed by atoms with Crippen LogP contribution in [0, 0.1) is 0 Å². The molecule has 3 rings (SSSR count). The van der Waals surface area contributed by atoms with Crippen LogP contribution in [0.2, 0.25) is 0 Å². The highest BCUT2D eigenvalue weighted by Gasteiger charge is 2.24. The van der Waals surface area contributed by atoms with Crippen LogP contribution in [-0.4, -0.2) is 60.7 Å². The minimum Gasteiger partial charge on any atom is -0.486 e. The number of benzene rings is 1. The highest BCUT2D eigenvalue weighted by Crippen LogP contribution is 2.32. The number of hydrogen-bond acceptors (Lipinski definition) is 7. The van der Waals surface area contributed by atoms with Crippen LogP contribution in [0.25, 0.3) is 0 Å². The molecule has 1 fully saturated rings. The highest BCUT2D eigenvalue weighted by molar-refractivity contribution is 8.13. The maximum Gasteiger partial charge on any atom is 0.326 e. The molecular weight excluding hydrogens is 336 g/mol. The summed E-state index contributed by atoms with van der Waals surface area (Å²) in [7, 11) is 0. The Hall–Kier alpha value is -2.42. The van der Waals surface area contributed by atoms with Gasteiger partial charge in [0.05, 0.1) is 0 Å². The van der Waals surface area contributed by atoms with Crippen LogP contribution < -0.4 is 14.8 Å². The van der Waals surface area contributed by atoms with Crippen molar-refractivity contribution >= 4 is 34.6 Å². The Morgan fingerprint density at radius 1 is 1.25 bits per heavy atom. The van der Waals surface area contributed by atoms with E-state index in [0.29, 0.717) is 42.7 Å². The molecule has 0 aromatic heterocycles. The summed E-state index contributed by atoms with van der Waals surface area (Å²) in [4.78, 5) is 36.3. The lowest BCUT2D eigenvalue weighted by molar-refractivity contribution is -0.147. The Labute approximate surface area is 142 Å². The molecule has 0 aliphatic carbocycles. The largest absolute Gasteiger partial charge is 0.486 e. The summed E-state index contributed by atoms with van der Waals surface area (Å²) in [6.45, 7) is 0.912. The van der Waals surface area contributed by atoms with Crippen molar-refractivity contribution < 1.29 is 28.6 Å². The van der Waals surface area contributed by atoms with Crippen LogP contribution in [0.4, 0.5) is 10.5 Å². The van der Waals surface area contributed by atoms with Crippen molar-refractivity contribution in [1.29, 1.82) is 0 Å². The lowest BCUT2D eigenvalue weighted by Crippen LogP contribution is -2.32. The number of nitrogens with zero attached hydrogens (tertiary/aromatic N) is 1. The third-order valence-electron chi connectivity index (χ3n) is 3.36. The standard InChI is InChI=1S/C15H16N2O6S/c18-13(9-23-14(19)8-17-3-6-24-15(17)20)16-10-1-2-11-12(7-10)22-5-4-21-11/h1-2,7H,3-6,8-9H2,(H,16,18). The van der Waals surface area contributed by atoms with Gasteiger partial charge in [-0.05, 0) is 12.1 Å². The smallest absolute Gasteiger partial charge is 0.326 e. The fourth-order valence-corrected chi connectivity index (χ4v) is 3.06. The fraction of sp³-hybridized carbons (Fsp3) is 0.400. The highest BCUT2D eigenvalue weighted by atomic mass is 32.2. The van der Waals surface area contributed by atoms with E-state index in [1.807, 2.05) is 0 Å². The first kappa shape index (κ1) is 16.4. The molecule has 0 atom stereocenters. The zero-order chi connectivity index (χ0) is 16.9. The SMILES string of the molecule is O=C(COC(=O)CN1CCSC1=O)Nc1ccc2c(c1)OCCO2. The number of ether oxygens (including phenoxy) is 3. The molecule has 1 saturated heterocycles. The summed E-state index contributed by atoms with van der Waals surface area (Å²) in [5.74, 6) is 0.765. The van der Waals surface area contributed by atoms with Gasteiger partial charge in [0.2, 0.25) is 0 Å². The molecule has 9 heteroatoms. The van der Waals surface area contributed by atoms with Gasteiger partial charge in [-0.1, -0.05) is 11.8 Å². The summed E-state index contributed by atoms with van der Waals surface area (Å²) in [6.07, 6.45) is 0. The molecule has 0 spiro atoms. The molecule has 128 valence electrons. The lowest BCUT2D eigenvalue weighted by Gasteiger charge is -2.19. The molecule has 2 aliphatic rings. The molecule has 1 aromatic carbocycles.